The van der Waals surface area contributed by atoms with Crippen molar-refractivity contribution in [1.82, 2.24) is 4.90 Å². The molecule has 18 heavy (non-hydrogen) atoms. The summed E-state index contributed by atoms with van der Waals surface area (Å²) in [4.78, 5) is 14.1. The second kappa shape index (κ2) is 5.57. The van der Waals surface area contributed by atoms with E-state index in [1.165, 1.54) is 12.1 Å². The Kier molecular flexibility index (Phi) is 4.28. The lowest BCUT2D eigenvalue weighted by molar-refractivity contribution is 0.0734. The average molecular weight is 335 g/mol. The Labute approximate surface area is 119 Å². The van der Waals surface area contributed by atoms with Crippen LogP contribution in [-0.2, 0) is 0 Å². The largest absolute Gasteiger partial charge is 0.334 e. The number of nitrogens with zero attached hydrogens (tertiary/aromatic N) is 1. The molecule has 1 aliphatic rings. The quantitative estimate of drug-likeness (QED) is 0.755. The molecular formula is C13H14BrClFNO. The third-order valence-corrected chi connectivity index (χ3v) is 4.46. The Hall–Kier alpha value is -0.610. The predicted molar refractivity (Wildman–Crippen MR) is 73.8 cm³/mol. The molecule has 2 atom stereocenters. The van der Waals surface area contributed by atoms with Gasteiger partial charge in [0.05, 0.1) is 10.6 Å². The van der Waals surface area contributed by atoms with E-state index in [2.05, 4.69) is 22.9 Å². The number of halogens is 3. The Morgan fingerprint density at radius 1 is 1.61 bits per heavy atom. The molecule has 0 spiro atoms. The van der Waals surface area contributed by atoms with Gasteiger partial charge in [-0.2, -0.15) is 0 Å². The number of likely N-dealkylation sites (tertiary alicyclic amines) is 1. The highest BCUT2D eigenvalue weighted by molar-refractivity contribution is 9.09. The van der Waals surface area contributed by atoms with Gasteiger partial charge in [-0.3, -0.25) is 4.79 Å². The fourth-order valence-electron chi connectivity index (χ4n) is 2.34. The molecule has 98 valence electrons. The summed E-state index contributed by atoms with van der Waals surface area (Å²) in [5.41, 5.74) is -0.0146. The molecule has 1 fully saturated rings. The van der Waals surface area contributed by atoms with E-state index in [1.54, 1.807) is 11.0 Å². The maximum absolute atomic E-state index is 13.7. The fraction of sp³-hybridized carbons (Fsp3) is 0.462. The third-order valence-electron chi connectivity index (χ3n) is 3.48. The maximum atomic E-state index is 13.7. The van der Waals surface area contributed by atoms with Crippen LogP contribution in [0.5, 0.6) is 0 Å². The van der Waals surface area contributed by atoms with Crippen molar-refractivity contribution >= 4 is 33.4 Å². The predicted octanol–water partition coefficient (Wildman–Crippen LogP) is 3.72. The number of benzene rings is 1. The van der Waals surface area contributed by atoms with E-state index in [-0.39, 0.29) is 22.5 Å². The molecule has 0 saturated carbocycles. The highest BCUT2D eigenvalue weighted by atomic mass is 79.9. The molecule has 5 heteroatoms. The van der Waals surface area contributed by atoms with Gasteiger partial charge in [0.1, 0.15) is 5.82 Å². The van der Waals surface area contributed by atoms with E-state index < -0.39 is 5.82 Å². The number of alkyl halides is 1. The van der Waals surface area contributed by atoms with Gasteiger partial charge in [0.25, 0.3) is 5.91 Å². The Morgan fingerprint density at radius 2 is 2.33 bits per heavy atom. The van der Waals surface area contributed by atoms with E-state index in [0.717, 1.165) is 6.42 Å². The standard InChI is InChI=1S/C13H14BrClFNO/c1-8-5-6-17(11(8)7-14)13(18)12-9(15)3-2-4-10(12)16/h2-4,8,11H,5-7H2,1H3. The fourth-order valence-corrected chi connectivity index (χ4v) is 3.57. The highest BCUT2D eigenvalue weighted by Gasteiger charge is 2.35. The highest BCUT2D eigenvalue weighted by Crippen LogP contribution is 2.29. The molecule has 0 N–H and O–H groups in total. The summed E-state index contributed by atoms with van der Waals surface area (Å²) < 4.78 is 13.7. The maximum Gasteiger partial charge on any atom is 0.258 e. The molecule has 0 bridgehead atoms. The molecule has 1 heterocycles. The van der Waals surface area contributed by atoms with Gasteiger partial charge >= 0.3 is 0 Å². The van der Waals surface area contributed by atoms with Gasteiger partial charge in [-0.1, -0.05) is 40.5 Å². The second-order valence-corrected chi connectivity index (χ2v) is 5.64. The zero-order valence-corrected chi connectivity index (χ0v) is 12.3. The molecule has 1 aromatic rings. The lowest BCUT2D eigenvalue weighted by atomic mass is 10.0. The van der Waals surface area contributed by atoms with Crippen molar-refractivity contribution in [3.05, 3.63) is 34.6 Å². The Bertz CT molecular complexity index is 448. The lowest BCUT2D eigenvalue weighted by Gasteiger charge is -2.25. The van der Waals surface area contributed by atoms with Crippen LogP contribution in [0.3, 0.4) is 0 Å². The molecule has 0 aromatic heterocycles. The van der Waals surface area contributed by atoms with E-state index >= 15 is 0 Å². The van der Waals surface area contributed by atoms with Gasteiger partial charge in [0.15, 0.2) is 0 Å². The first kappa shape index (κ1) is 13.8. The van der Waals surface area contributed by atoms with Crippen LogP contribution in [0.4, 0.5) is 4.39 Å². The van der Waals surface area contributed by atoms with Crippen LogP contribution in [0, 0.1) is 11.7 Å². The van der Waals surface area contributed by atoms with Crippen molar-refractivity contribution in [3.8, 4) is 0 Å². The summed E-state index contributed by atoms with van der Waals surface area (Å²) in [5, 5.41) is 0.874. The number of hydrogen-bond acceptors (Lipinski definition) is 1. The topological polar surface area (TPSA) is 20.3 Å². The first-order valence-corrected chi connectivity index (χ1v) is 7.37. The van der Waals surface area contributed by atoms with Crippen molar-refractivity contribution in [2.75, 3.05) is 11.9 Å². The smallest absolute Gasteiger partial charge is 0.258 e. The molecule has 2 rings (SSSR count). The van der Waals surface area contributed by atoms with Crippen LogP contribution in [-0.4, -0.2) is 28.7 Å². The number of hydrogen-bond donors (Lipinski definition) is 0. The molecule has 1 aromatic carbocycles. The summed E-state index contributed by atoms with van der Waals surface area (Å²) in [6.07, 6.45) is 0.939. The molecular weight excluding hydrogens is 321 g/mol. The zero-order chi connectivity index (χ0) is 13.3. The van der Waals surface area contributed by atoms with Gasteiger partial charge < -0.3 is 4.90 Å². The van der Waals surface area contributed by atoms with Crippen LogP contribution in [0.25, 0.3) is 0 Å². The Balaban J connectivity index is 2.32. The molecule has 1 aliphatic heterocycles. The number of rotatable bonds is 2. The van der Waals surface area contributed by atoms with Crippen molar-refractivity contribution in [3.63, 3.8) is 0 Å². The minimum absolute atomic E-state index is 0.0146. The van der Waals surface area contributed by atoms with E-state index in [9.17, 15) is 9.18 Å². The summed E-state index contributed by atoms with van der Waals surface area (Å²) >= 11 is 9.35. The monoisotopic (exact) mass is 333 g/mol. The summed E-state index contributed by atoms with van der Waals surface area (Å²) in [6.45, 7) is 2.75. The molecule has 0 radical (unpaired) electrons. The molecule has 0 aliphatic carbocycles. The first-order chi connectivity index (χ1) is 8.56. The van der Waals surface area contributed by atoms with Crippen LogP contribution < -0.4 is 0 Å². The molecule has 1 amide bonds. The van der Waals surface area contributed by atoms with Crippen molar-refractivity contribution in [1.29, 1.82) is 0 Å². The molecule has 1 saturated heterocycles. The van der Waals surface area contributed by atoms with E-state index in [0.29, 0.717) is 17.8 Å². The van der Waals surface area contributed by atoms with Gasteiger partial charge in [-0.15, -0.1) is 0 Å². The van der Waals surface area contributed by atoms with Crippen LogP contribution in [0.15, 0.2) is 18.2 Å². The summed E-state index contributed by atoms with van der Waals surface area (Å²) in [6, 6.07) is 4.42. The minimum Gasteiger partial charge on any atom is -0.334 e. The summed E-state index contributed by atoms with van der Waals surface area (Å²) in [5.74, 6) is -0.453. The lowest BCUT2D eigenvalue weighted by Crippen LogP contribution is -2.39. The van der Waals surface area contributed by atoms with Crippen molar-refractivity contribution in [2.24, 2.45) is 5.92 Å². The Morgan fingerprint density at radius 3 is 2.94 bits per heavy atom. The first-order valence-electron chi connectivity index (χ1n) is 5.87. The van der Waals surface area contributed by atoms with Crippen molar-refractivity contribution < 1.29 is 9.18 Å². The SMILES string of the molecule is CC1CCN(C(=O)c2c(F)cccc2Cl)C1CBr. The van der Waals surface area contributed by atoms with Gasteiger partial charge in [-0.25, -0.2) is 4.39 Å². The van der Waals surface area contributed by atoms with Gasteiger partial charge in [0.2, 0.25) is 0 Å². The normalized spacial score (nSPS) is 23.4. The molecule has 2 unspecified atom stereocenters. The van der Waals surface area contributed by atoms with Crippen molar-refractivity contribution in [2.45, 2.75) is 19.4 Å². The minimum atomic E-state index is -0.555. The second-order valence-electron chi connectivity index (χ2n) is 4.58. The summed E-state index contributed by atoms with van der Waals surface area (Å²) in [7, 11) is 0. The van der Waals surface area contributed by atoms with Crippen LogP contribution >= 0.6 is 27.5 Å². The van der Waals surface area contributed by atoms with Gasteiger partial charge in [-0.05, 0) is 24.5 Å². The third kappa shape index (κ3) is 2.41. The van der Waals surface area contributed by atoms with Gasteiger partial charge in [0, 0.05) is 17.9 Å². The zero-order valence-electron chi connectivity index (χ0n) is 10.00. The van der Waals surface area contributed by atoms with E-state index in [1.807, 2.05) is 0 Å². The number of carbonyl (C=O) groups is 1. The van der Waals surface area contributed by atoms with Crippen LogP contribution in [0.2, 0.25) is 5.02 Å². The molecule has 2 nitrogen and oxygen atoms in total. The average Bonchev–Trinajstić information content (AvgIpc) is 2.69. The van der Waals surface area contributed by atoms with Crippen LogP contribution in [0.1, 0.15) is 23.7 Å². The number of amides is 1. The number of carbonyl (C=O) groups excluding carboxylic acids is 1. The van der Waals surface area contributed by atoms with E-state index in [4.69, 9.17) is 11.6 Å².